The van der Waals surface area contributed by atoms with Crippen molar-refractivity contribution in [3.63, 3.8) is 0 Å². The Morgan fingerprint density at radius 2 is 2.22 bits per heavy atom. The number of nitrogens with two attached hydrogens (primary N) is 1. The molecule has 0 heterocycles. The Bertz CT molecular complexity index is 376. The number of likely N-dealkylation sites (N-methyl/N-ethyl adjacent to an activating group) is 1. The normalized spacial score (nSPS) is 13.0. The Morgan fingerprint density at radius 3 is 2.78 bits per heavy atom. The van der Waals surface area contributed by atoms with E-state index >= 15 is 0 Å². The molecule has 1 atom stereocenters. The van der Waals surface area contributed by atoms with Crippen LogP contribution in [0.4, 0.5) is 4.39 Å². The van der Waals surface area contributed by atoms with Crippen molar-refractivity contribution in [2.75, 3.05) is 33.9 Å². The van der Waals surface area contributed by atoms with Crippen molar-refractivity contribution in [2.45, 2.75) is 12.5 Å². The van der Waals surface area contributed by atoms with Gasteiger partial charge in [-0.05, 0) is 47.1 Å². The molecule has 0 saturated carbocycles. The lowest BCUT2D eigenvalue weighted by atomic mass is 10.1. The minimum absolute atomic E-state index is 0.0961. The second-order valence-corrected chi connectivity index (χ2v) is 5.11. The van der Waals surface area contributed by atoms with Crippen LogP contribution >= 0.6 is 15.9 Å². The number of hydrogen-bond donors (Lipinski definition) is 1. The average Bonchev–Trinajstić information content (AvgIpc) is 2.35. The molecule has 5 heteroatoms. The van der Waals surface area contributed by atoms with E-state index in [-0.39, 0.29) is 11.9 Å². The molecule has 0 aliphatic rings. The highest BCUT2D eigenvalue weighted by Crippen LogP contribution is 2.24. The van der Waals surface area contributed by atoms with Gasteiger partial charge < -0.3 is 10.5 Å². The molecule has 0 amide bonds. The second kappa shape index (κ2) is 7.84. The molecule has 0 radical (unpaired) electrons. The predicted octanol–water partition coefficient (Wildman–Crippen LogP) is 2.56. The molecular formula is C13H20BrFN2O. The highest BCUT2D eigenvalue weighted by Gasteiger charge is 2.16. The van der Waals surface area contributed by atoms with Gasteiger partial charge in [-0.15, -0.1) is 0 Å². The largest absolute Gasteiger partial charge is 0.385 e. The van der Waals surface area contributed by atoms with E-state index in [1.165, 1.54) is 6.07 Å². The van der Waals surface area contributed by atoms with E-state index in [1.54, 1.807) is 19.2 Å². The highest BCUT2D eigenvalue weighted by atomic mass is 79.9. The molecule has 1 unspecified atom stereocenters. The van der Waals surface area contributed by atoms with Gasteiger partial charge in [-0.3, -0.25) is 4.90 Å². The number of hydrogen-bond acceptors (Lipinski definition) is 3. The molecule has 2 N–H and O–H groups in total. The maximum absolute atomic E-state index is 13.2. The van der Waals surface area contributed by atoms with Gasteiger partial charge >= 0.3 is 0 Å². The quantitative estimate of drug-likeness (QED) is 0.785. The number of methoxy groups -OCH3 is 1. The molecule has 0 aromatic heterocycles. The first-order valence-corrected chi connectivity index (χ1v) is 6.73. The topological polar surface area (TPSA) is 38.5 Å². The summed E-state index contributed by atoms with van der Waals surface area (Å²) < 4.78 is 18.7. The van der Waals surface area contributed by atoms with Crippen molar-refractivity contribution in [3.05, 3.63) is 34.1 Å². The van der Waals surface area contributed by atoms with Crippen molar-refractivity contribution in [2.24, 2.45) is 5.73 Å². The summed E-state index contributed by atoms with van der Waals surface area (Å²) in [6, 6.07) is 5.13. The summed E-state index contributed by atoms with van der Waals surface area (Å²) in [5.41, 5.74) is 6.84. The summed E-state index contributed by atoms with van der Waals surface area (Å²) in [7, 11) is 3.71. The fourth-order valence-electron chi connectivity index (χ4n) is 1.90. The van der Waals surface area contributed by atoms with Crippen molar-refractivity contribution < 1.29 is 9.13 Å². The smallest absolute Gasteiger partial charge is 0.137 e. The van der Waals surface area contributed by atoms with E-state index in [0.29, 0.717) is 11.0 Å². The molecule has 1 rings (SSSR count). The molecule has 0 spiro atoms. The van der Waals surface area contributed by atoms with Crippen LogP contribution in [0.15, 0.2) is 22.7 Å². The molecule has 1 aromatic carbocycles. The Labute approximate surface area is 116 Å². The van der Waals surface area contributed by atoms with Crippen LogP contribution in [0.1, 0.15) is 18.0 Å². The van der Waals surface area contributed by atoms with Gasteiger partial charge in [0.2, 0.25) is 0 Å². The van der Waals surface area contributed by atoms with E-state index < -0.39 is 0 Å². The van der Waals surface area contributed by atoms with Crippen LogP contribution in [-0.2, 0) is 4.74 Å². The molecule has 0 bridgehead atoms. The Balaban J connectivity index is 2.72. The van der Waals surface area contributed by atoms with Crippen molar-refractivity contribution in [1.82, 2.24) is 4.90 Å². The maximum Gasteiger partial charge on any atom is 0.137 e. The molecule has 102 valence electrons. The first kappa shape index (κ1) is 15.6. The molecule has 18 heavy (non-hydrogen) atoms. The summed E-state index contributed by atoms with van der Waals surface area (Å²) in [6.07, 6.45) is 0.950. The fraction of sp³-hybridized carbons (Fsp3) is 0.538. The summed E-state index contributed by atoms with van der Waals surface area (Å²) >= 11 is 3.20. The van der Waals surface area contributed by atoms with E-state index in [9.17, 15) is 4.39 Å². The van der Waals surface area contributed by atoms with Gasteiger partial charge in [0.15, 0.2) is 0 Å². The minimum Gasteiger partial charge on any atom is -0.385 e. The molecule has 0 aliphatic heterocycles. The Kier molecular flexibility index (Phi) is 6.78. The van der Waals surface area contributed by atoms with Crippen LogP contribution in [0.25, 0.3) is 0 Å². The number of nitrogens with zero attached hydrogens (tertiary/aromatic N) is 1. The van der Waals surface area contributed by atoms with Crippen molar-refractivity contribution >= 4 is 15.9 Å². The molecule has 0 saturated heterocycles. The number of benzene rings is 1. The van der Waals surface area contributed by atoms with Crippen LogP contribution in [0.3, 0.4) is 0 Å². The van der Waals surface area contributed by atoms with E-state index in [4.69, 9.17) is 10.5 Å². The van der Waals surface area contributed by atoms with Gasteiger partial charge in [0.25, 0.3) is 0 Å². The van der Waals surface area contributed by atoms with E-state index in [2.05, 4.69) is 20.8 Å². The van der Waals surface area contributed by atoms with Gasteiger partial charge in [0, 0.05) is 32.8 Å². The summed E-state index contributed by atoms with van der Waals surface area (Å²) in [4.78, 5) is 2.17. The van der Waals surface area contributed by atoms with Gasteiger partial charge in [-0.1, -0.05) is 6.07 Å². The first-order chi connectivity index (χ1) is 8.60. The van der Waals surface area contributed by atoms with Gasteiger partial charge in [-0.25, -0.2) is 4.39 Å². The fourth-order valence-corrected chi connectivity index (χ4v) is 2.30. The molecule has 0 fully saturated rings. The number of rotatable bonds is 7. The van der Waals surface area contributed by atoms with Gasteiger partial charge in [-0.2, -0.15) is 0 Å². The van der Waals surface area contributed by atoms with Gasteiger partial charge in [0.05, 0.1) is 4.47 Å². The van der Waals surface area contributed by atoms with Crippen molar-refractivity contribution in [3.8, 4) is 0 Å². The highest BCUT2D eigenvalue weighted by molar-refractivity contribution is 9.10. The van der Waals surface area contributed by atoms with Crippen LogP contribution < -0.4 is 5.73 Å². The standard InChI is InChI=1S/C13H20BrFN2O/c1-17(6-3-7-18-2)13(9-16)10-4-5-12(15)11(14)8-10/h4-5,8,13H,3,6-7,9,16H2,1-2H3. The summed E-state index contributed by atoms with van der Waals surface area (Å²) in [5.74, 6) is -0.253. The van der Waals surface area contributed by atoms with Crippen molar-refractivity contribution in [1.29, 1.82) is 0 Å². The number of ether oxygens (including phenoxy) is 1. The molecule has 1 aromatic rings. The Hall–Kier alpha value is -0.490. The zero-order chi connectivity index (χ0) is 13.5. The van der Waals surface area contributed by atoms with E-state index in [1.807, 2.05) is 7.05 Å². The second-order valence-electron chi connectivity index (χ2n) is 4.25. The van der Waals surface area contributed by atoms with Crippen LogP contribution in [0.5, 0.6) is 0 Å². The summed E-state index contributed by atoms with van der Waals surface area (Å²) in [5, 5.41) is 0. The molecule has 0 aliphatic carbocycles. The van der Waals surface area contributed by atoms with Crippen LogP contribution in [-0.4, -0.2) is 38.8 Å². The zero-order valence-corrected chi connectivity index (χ0v) is 12.4. The zero-order valence-electron chi connectivity index (χ0n) is 10.8. The third-order valence-corrected chi connectivity index (χ3v) is 3.55. The SMILES string of the molecule is COCCCN(C)C(CN)c1ccc(F)c(Br)c1. The lowest BCUT2D eigenvalue weighted by Crippen LogP contribution is -2.31. The third-order valence-electron chi connectivity index (χ3n) is 2.94. The summed E-state index contributed by atoms with van der Waals surface area (Å²) in [6.45, 7) is 2.13. The first-order valence-electron chi connectivity index (χ1n) is 5.94. The molecule has 3 nitrogen and oxygen atoms in total. The maximum atomic E-state index is 13.2. The molecular weight excluding hydrogens is 299 g/mol. The average molecular weight is 319 g/mol. The van der Waals surface area contributed by atoms with Gasteiger partial charge in [0.1, 0.15) is 5.82 Å². The minimum atomic E-state index is -0.253. The monoisotopic (exact) mass is 318 g/mol. The van der Waals surface area contributed by atoms with Crippen LogP contribution in [0, 0.1) is 5.82 Å². The predicted molar refractivity (Wildman–Crippen MR) is 75.0 cm³/mol. The third kappa shape index (κ3) is 4.31. The Morgan fingerprint density at radius 1 is 1.50 bits per heavy atom. The lowest BCUT2D eigenvalue weighted by Gasteiger charge is -2.27. The van der Waals surface area contributed by atoms with E-state index in [0.717, 1.165) is 25.1 Å². The van der Waals surface area contributed by atoms with Crippen LogP contribution in [0.2, 0.25) is 0 Å². The lowest BCUT2D eigenvalue weighted by molar-refractivity contribution is 0.166. The number of halogens is 2.